The molecule has 8 nitrogen and oxygen atoms in total. The Balaban J connectivity index is 1.63. The number of hydrogen-bond acceptors (Lipinski definition) is 6. The Hall–Kier alpha value is -3.94. The Labute approximate surface area is 179 Å². The van der Waals surface area contributed by atoms with Gasteiger partial charge >= 0.3 is 12.1 Å². The second-order valence-electron chi connectivity index (χ2n) is 6.75. The Kier molecular flexibility index (Phi) is 7.16. The van der Waals surface area contributed by atoms with E-state index in [0.717, 1.165) is 16.5 Å². The van der Waals surface area contributed by atoms with Crippen molar-refractivity contribution in [1.29, 1.82) is 0 Å². The minimum absolute atomic E-state index is 0.122. The van der Waals surface area contributed by atoms with Gasteiger partial charge in [0.05, 0.1) is 24.3 Å². The topological polar surface area (TPSA) is 102 Å². The fourth-order valence-corrected chi connectivity index (χ4v) is 3.17. The van der Waals surface area contributed by atoms with Crippen LogP contribution in [0.1, 0.15) is 32.7 Å². The maximum Gasteiger partial charge on any atom is 0.407 e. The zero-order chi connectivity index (χ0) is 22.2. The maximum absolute atomic E-state index is 12.8. The van der Waals surface area contributed by atoms with Crippen LogP contribution in [-0.4, -0.2) is 48.5 Å². The normalized spacial score (nSPS) is 13.8. The van der Waals surface area contributed by atoms with Gasteiger partial charge in [-0.2, -0.15) is 0 Å². The van der Waals surface area contributed by atoms with Gasteiger partial charge in [-0.1, -0.05) is 48.5 Å². The summed E-state index contributed by atoms with van der Waals surface area (Å²) in [5.74, 6) is -1.52. The lowest BCUT2D eigenvalue weighted by Gasteiger charge is -2.23. The van der Waals surface area contributed by atoms with Crippen LogP contribution < -0.4 is 5.32 Å². The molecule has 3 amide bonds. The van der Waals surface area contributed by atoms with Crippen molar-refractivity contribution in [3.63, 3.8) is 0 Å². The third-order valence-electron chi connectivity index (χ3n) is 4.73. The van der Waals surface area contributed by atoms with E-state index in [9.17, 15) is 19.2 Å². The highest BCUT2D eigenvalue weighted by Gasteiger charge is 2.38. The van der Waals surface area contributed by atoms with Crippen molar-refractivity contribution < 1.29 is 28.7 Å². The molecule has 1 unspecified atom stereocenters. The number of rotatable bonds is 8. The van der Waals surface area contributed by atoms with Gasteiger partial charge in [0.25, 0.3) is 11.8 Å². The van der Waals surface area contributed by atoms with Crippen LogP contribution in [0.4, 0.5) is 4.79 Å². The van der Waals surface area contributed by atoms with Crippen LogP contribution >= 0.6 is 0 Å². The average molecular weight is 422 g/mol. The summed E-state index contributed by atoms with van der Waals surface area (Å²) < 4.78 is 9.75. The maximum atomic E-state index is 12.8. The number of carbonyl (C=O) groups is 4. The minimum Gasteiger partial charge on any atom is -0.466 e. The van der Waals surface area contributed by atoms with Crippen LogP contribution in [-0.2, 0) is 20.9 Å². The van der Waals surface area contributed by atoms with Crippen molar-refractivity contribution in [1.82, 2.24) is 10.2 Å². The van der Waals surface area contributed by atoms with E-state index in [0.29, 0.717) is 11.1 Å². The number of hydrogen-bond donors (Lipinski definition) is 1. The summed E-state index contributed by atoms with van der Waals surface area (Å²) in [6.07, 6.45) is 2.15. The van der Waals surface area contributed by atoms with Crippen molar-refractivity contribution in [2.75, 3.05) is 13.7 Å². The molecule has 0 aliphatic carbocycles. The molecular formula is C23H22N2O6. The fraction of sp³-hybridized carbons (Fsp3) is 0.217. The highest BCUT2D eigenvalue weighted by atomic mass is 16.5. The SMILES string of the molecule is COC(=O)C=CC(CCNC(=O)OCc1ccccc1)N1C(=O)c2ccccc2C1=O. The van der Waals surface area contributed by atoms with Crippen molar-refractivity contribution in [3.8, 4) is 0 Å². The number of alkyl carbamates (subject to hydrolysis) is 1. The summed E-state index contributed by atoms with van der Waals surface area (Å²) >= 11 is 0. The monoisotopic (exact) mass is 422 g/mol. The lowest BCUT2D eigenvalue weighted by atomic mass is 10.1. The van der Waals surface area contributed by atoms with E-state index in [1.54, 1.807) is 24.3 Å². The average Bonchev–Trinajstić information content (AvgIpc) is 3.05. The van der Waals surface area contributed by atoms with Crippen molar-refractivity contribution in [2.45, 2.75) is 19.1 Å². The Bertz CT molecular complexity index is 967. The lowest BCUT2D eigenvalue weighted by molar-refractivity contribution is -0.134. The van der Waals surface area contributed by atoms with Crippen LogP contribution in [0, 0.1) is 0 Å². The summed E-state index contributed by atoms with van der Waals surface area (Å²) in [6, 6.07) is 15.0. The molecular weight excluding hydrogens is 400 g/mol. The number of ether oxygens (including phenoxy) is 2. The van der Waals surface area contributed by atoms with Crippen LogP contribution in [0.2, 0.25) is 0 Å². The molecule has 3 rings (SSSR count). The first-order valence-electron chi connectivity index (χ1n) is 9.69. The standard InChI is InChI=1S/C23H22N2O6/c1-30-20(26)12-11-17(25-21(27)18-9-5-6-10-19(18)22(25)28)13-14-24-23(29)31-15-16-7-3-2-4-8-16/h2-12,17H,13-15H2,1H3,(H,24,29). The van der Waals surface area contributed by atoms with E-state index >= 15 is 0 Å². The van der Waals surface area contributed by atoms with E-state index in [4.69, 9.17) is 4.74 Å². The summed E-state index contributed by atoms with van der Waals surface area (Å²) in [5.41, 5.74) is 1.46. The van der Waals surface area contributed by atoms with Gasteiger partial charge in [0.1, 0.15) is 6.61 Å². The summed E-state index contributed by atoms with van der Waals surface area (Å²) in [5, 5.41) is 2.60. The molecule has 1 aliphatic rings. The summed E-state index contributed by atoms with van der Waals surface area (Å²) in [4.78, 5) is 50.1. The predicted octanol–water partition coefficient (Wildman–Crippen LogP) is 2.70. The Morgan fingerprint density at radius 3 is 2.23 bits per heavy atom. The number of imide groups is 1. The third-order valence-corrected chi connectivity index (χ3v) is 4.73. The second kappa shape index (κ2) is 10.2. The molecule has 0 aromatic heterocycles. The van der Waals surface area contributed by atoms with Crippen LogP contribution in [0.5, 0.6) is 0 Å². The molecule has 1 N–H and O–H groups in total. The second-order valence-corrected chi connectivity index (χ2v) is 6.75. The van der Waals surface area contributed by atoms with Crippen molar-refractivity contribution in [2.24, 2.45) is 0 Å². The smallest absolute Gasteiger partial charge is 0.407 e. The van der Waals surface area contributed by atoms with Gasteiger partial charge in [0.2, 0.25) is 0 Å². The highest BCUT2D eigenvalue weighted by Crippen LogP contribution is 2.26. The molecule has 2 aromatic carbocycles. The molecule has 0 spiro atoms. The Morgan fingerprint density at radius 1 is 1.00 bits per heavy atom. The molecule has 2 aromatic rings. The molecule has 1 aliphatic heterocycles. The van der Waals surface area contributed by atoms with Gasteiger partial charge in [-0.25, -0.2) is 9.59 Å². The Morgan fingerprint density at radius 2 is 1.61 bits per heavy atom. The number of carbonyl (C=O) groups excluding carboxylic acids is 4. The zero-order valence-electron chi connectivity index (χ0n) is 16.9. The molecule has 31 heavy (non-hydrogen) atoms. The van der Waals surface area contributed by atoms with E-state index < -0.39 is 29.9 Å². The number of amides is 3. The first kappa shape index (κ1) is 21.8. The predicted molar refractivity (Wildman–Crippen MR) is 111 cm³/mol. The molecule has 0 saturated heterocycles. The van der Waals surface area contributed by atoms with E-state index in [-0.39, 0.29) is 19.6 Å². The molecule has 0 bridgehead atoms. The van der Waals surface area contributed by atoms with Crippen LogP contribution in [0.25, 0.3) is 0 Å². The van der Waals surface area contributed by atoms with Gasteiger partial charge < -0.3 is 14.8 Å². The molecule has 0 radical (unpaired) electrons. The van der Waals surface area contributed by atoms with E-state index in [1.807, 2.05) is 30.3 Å². The summed E-state index contributed by atoms with van der Waals surface area (Å²) in [7, 11) is 1.23. The van der Waals surface area contributed by atoms with Crippen molar-refractivity contribution in [3.05, 3.63) is 83.4 Å². The molecule has 0 saturated carbocycles. The zero-order valence-corrected chi connectivity index (χ0v) is 16.9. The molecule has 8 heteroatoms. The molecule has 1 heterocycles. The number of methoxy groups -OCH3 is 1. The minimum atomic E-state index is -0.749. The molecule has 0 fully saturated rings. The van der Waals surface area contributed by atoms with Gasteiger partial charge in [0.15, 0.2) is 0 Å². The summed E-state index contributed by atoms with van der Waals surface area (Å²) in [6.45, 7) is 0.244. The molecule has 1 atom stereocenters. The van der Waals surface area contributed by atoms with Gasteiger partial charge in [0, 0.05) is 12.6 Å². The highest BCUT2D eigenvalue weighted by molar-refractivity contribution is 6.21. The van der Waals surface area contributed by atoms with Crippen LogP contribution in [0.3, 0.4) is 0 Å². The fourth-order valence-electron chi connectivity index (χ4n) is 3.17. The van der Waals surface area contributed by atoms with Crippen LogP contribution in [0.15, 0.2) is 66.7 Å². The van der Waals surface area contributed by atoms with Gasteiger partial charge in [-0.3, -0.25) is 14.5 Å². The van der Waals surface area contributed by atoms with E-state index in [1.165, 1.54) is 13.2 Å². The number of nitrogens with zero attached hydrogens (tertiary/aromatic N) is 1. The van der Waals surface area contributed by atoms with Crippen molar-refractivity contribution >= 4 is 23.9 Å². The lowest BCUT2D eigenvalue weighted by Crippen LogP contribution is -2.41. The number of nitrogens with one attached hydrogen (secondary N) is 1. The van der Waals surface area contributed by atoms with E-state index in [2.05, 4.69) is 10.1 Å². The third kappa shape index (κ3) is 5.36. The number of fused-ring (bicyclic) bond motifs is 1. The molecule has 160 valence electrons. The largest absolute Gasteiger partial charge is 0.466 e. The quantitative estimate of drug-likeness (QED) is 0.399. The van der Waals surface area contributed by atoms with Gasteiger partial charge in [-0.05, 0) is 24.1 Å². The number of benzene rings is 2. The number of esters is 1. The first-order valence-corrected chi connectivity index (χ1v) is 9.69. The first-order chi connectivity index (χ1) is 15.0. The van der Waals surface area contributed by atoms with Gasteiger partial charge in [-0.15, -0.1) is 0 Å².